The lowest BCUT2D eigenvalue weighted by molar-refractivity contribution is 0.0678. The van der Waals surface area contributed by atoms with Gasteiger partial charge >= 0.3 is 0 Å². The molecule has 0 radical (unpaired) electrons. The van der Waals surface area contributed by atoms with Gasteiger partial charge in [0.2, 0.25) is 10.0 Å². The molecule has 0 amide bonds. The van der Waals surface area contributed by atoms with Gasteiger partial charge in [0.1, 0.15) is 0 Å². The predicted molar refractivity (Wildman–Crippen MR) is 65.8 cm³/mol. The zero-order valence-corrected chi connectivity index (χ0v) is 11.6. The van der Waals surface area contributed by atoms with Gasteiger partial charge < -0.3 is 5.11 Å². The highest BCUT2D eigenvalue weighted by atomic mass is 32.2. The van der Waals surface area contributed by atoms with Gasteiger partial charge in [-0.2, -0.15) is 0 Å². The van der Waals surface area contributed by atoms with Crippen LogP contribution in [0.25, 0.3) is 0 Å². The molecule has 5 nitrogen and oxygen atoms in total. The molecular weight excluding hydrogens is 228 g/mol. The maximum atomic E-state index is 10.9. The molecule has 6 heteroatoms. The molecule has 0 aliphatic carbocycles. The molecule has 98 valence electrons. The van der Waals surface area contributed by atoms with Crippen molar-refractivity contribution in [1.82, 2.24) is 9.62 Å². The third-order valence-electron chi connectivity index (χ3n) is 2.53. The smallest absolute Gasteiger partial charge is 0.208 e. The van der Waals surface area contributed by atoms with Crippen LogP contribution in [-0.2, 0) is 10.0 Å². The average molecular weight is 252 g/mol. The average Bonchev–Trinajstić information content (AvgIpc) is 1.99. The molecular formula is C10H24N2O3S. The third kappa shape index (κ3) is 6.42. The second kappa shape index (κ2) is 5.95. The number of sulfonamides is 1. The van der Waals surface area contributed by atoms with Gasteiger partial charge in [-0.1, -0.05) is 20.8 Å². The first-order chi connectivity index (χ1) is 7.08. The zero-order valence-electron chi connectivity index (χ0n) is 10.8. The molecule has 0 unspecified atom stereocenters. The Kier molecular flexibility index (Phi) is 5.89. The van der Waals surface area contributed by atoms with Crippen LogP contribution >= 0.6 is 0 Å². The van der Waals surface area contributed by atoms with Crippen LogP contribution in [0, 0.1) is 5.41 Å². The van der Waals surface area contributed by atoms with Gasteiger partial charge in [0.05, 0.1) is 12.9 Å². The van der Waals surface area contributed by atoms with Gasteiger partial charge in [0, 0.05) is 19.1 Å². The van der Waals surface area contributed by atoms with E-state index in [4.69, 9.17) is 0 Å². The molecule has 2 N–H and O–H groups in total. The first kappa shape index (κ1) is 15.8. The summed E-state index contributed by atoms with van der Waals surface area (Å²) in [5.41, 5.74) is -0.0331. The summed E-state index contributed by atoms with van der Waals surface area (Å²) < 4.78 is 24.2. The molecule has 0 saturated carbocycles. The van der Waals surface area contributed by atoms with Gasteiger partial charge in [0.15, 0.2) is 0 Å². The fraction of sp³-hybridized carbons (Fsp3) is 1.00. The maximum absolute atomic E-state index is 10.9. The normalized spacial score (nSPS) is 15.4. The Morgan fingerprint density at radius 3 is 2.19 bits per heavy atom. The van der Waals surface area contributed by atoms with E-state index in [1.807, 2.05) is 32.7 Å². The van der Waals surface area contributed by atoms with Crippen LogP contribution in [0.5, 0.6) is 0 Å². The van der Waals surface area contributed by atoms with Crippen molar-refractivity contribution in [3.8, 4) is 0 Å². The number of nitrogens with zero attached hydrogens (tertiary/aromatic N) is 1. The van der Waals surface area contributed by atoms with Crippen molar-refractivity contribution < 1.29 is 13.5 Å². The largest absolute Gasteiger partial charge is 0.395 e. The van der Waals surface area contributed by atoms with Crippen molar-refractivity contribution in [2.75, 3.05) is 33.0 Å². The van der Waals surface area contributed by atoms with Gasteiger partial charge in [-0.05, 0) is 12.5 Å². The van der Waals surface area contributed by atoms with E-state index in [-0.39, 0.29) is 18.1 Å². The molecule has 16 heavy (non-hydrogen) atoms. The Balaban J connectivity index is 4.19. The summed E-state index contributed by atoms with van der Waals surface area (Å²) in [6, 6.07) is 0.0221. The lowest BCUT2D eigenvalue weighted by Crippen LogP contribution is -2.47. The van der Waals surface area contributed by atoms with E-state index in [1.165, 1.54) is 0 Å². The number of rotatable bonds is 6. The summed E-state index contributed by atoms with van der Waals surface area (Å²) in [6.45, 7) is 7.16. The Morgan fingerprint density at radius 1 is 1.38 bits per heavy atom. The van der Waals surface area contributed by atoms with Crippen molar-refractivity contribution >= 4 is 10.0 Å². The van der Waals surface area contributed by atoms with Crippen molar-refractivity contribution in [3.63, 3.8) is 0 Å². The summed E-state index contributed by atoms with van der Waals surface area (Å²) in [6.07, 6.45) is 1.14. The standard InChI is InChI=1S/C10H24N2O3S/c1-10(2,3)9(8-13)12(4)7-6-11-16(5,14)15/h9,11,13H,6-8H2,1-5H3/t9-/m0/s1. The summed E-state index contributed by atoms with van der Waals surface area (Å²) >= 11 is 0. The molecule has 1 atom stereocenters. The number of aliphatic hydroxyl groups excluding tert-OH is 1. The minimum absolute atomic E-state index is 0.0221. The molecule has 0 saturated heterocycles. The monoisotopic (exact) mass is 252 g/mol. The van der Waals surface area contributed by atoms with E-state index in [0.717, 1.165) is 6.26 Å². The zero-order chi connectivity index (χ0) is 13.0. The SMILES string of the molecule is CN(CCNS(C)(=O)=O)[C@@H](CO)C(C)(C)C. The van der Waals surface area contributed by atoms with Crippen LogP contribution in [-0.4, -0.2) is 57.5 Å². The quantitative estimate of drug-likeness (QED) is 0.691. The molecule has 0 aliphatic heterocycles. The molecule has 0 fully saturated rings. The summed E-state index contributed by atoms with van der Waals surface area (Å²) in [5, 5.41) is 9.31. The number of aliphatic hydroxyl groups is 1. The number of nitrogens with one attached hydrogen (secondary N) is 1. The molecule has 0 aromatic heterocycles. The molecule has 0 heterocycles. The lowest BCUT2D eigenvalue weighted by atomic mass is 9.86. The van der Waals surface area contributed by atoms with Crippen molar-refractivity contribution in [2.24, 2.45) is 5.41 Å². The summed E-state index contributed by atoms with van der Waals surface area (Å²) in [4.78, 5) is 1.97. The minimum Gasteiger partial charge on any atom is -0.395 e. The fourth-order valence-electron chi connectivity index (χ4n) is 1.64. The highest BCUT2D eigenvalue weighted by Gasteiger charge is 2.27. The minimum atomic E-state index is -3.13. The van der Waals surface area contributed by atoms with E-state index >= 15 is 0 Å². The molecule has 0 aliphatic rings. The summed E-state index contributed by atoms with van der Waals surface area (Å²) in [7, 11) is -1.24. The number of likely N-dealkylation sites (N-methyl/N-ethyl adjacent to an activating group) is 1. The Labute approximate surface area is 98.9 Å². The Hall–Kier alpha value is -0.170. The van der Waals surface area contributed by atoms with Gasteiger partial charge in [-0.15, -0.1) is 0 Å². The highest BCUT2D eigenvalue weighted by Crippen LogP contribution is 2.22. The first-order valence-electron chi connectivity index (χ1n) is 5.33. The Morgan fingerprint density at radius 2 is 1.88 bits per heavy atom. The highest BCUT2D eigenvalue weighted by molar-refractivity contribution is 7.88. The molecule has 0 spiro atoms. The van der Waals surface area contributed by atoms with E-state index < -0.39 is 10.0 Å². The van der Waals surface area contributed by atoms with Crippen molar-refractivity contribution in [2.45, 2.75) is 26.8 Å². The van der Waals surface area contributed by atoms with Crippen LogP contribution in [0.3, 0.4) is 0 Å². The molecule has 0 aromatic carbocycles. The van der Waals surface area contributed by atoms with Crippen LogP contribution in [0.15, 0.2) is 0 Å². The molecule has 0 rings (SSSR count). The van der Waals surface area contributed by atoms with Gasteiger partial charge in [0.25, 0.3) is 0 Å². The first-order valence-corrected chi connectivity index (χ1v) is 7.23. The van der Waals surface area contributed by atoms with Crippen molar-refractivity contribution in [3.05, 3.63) is 0 Å². The lowest BCUT2D eigenvalue weighted by Gasteiger charge is -2.36. The fourth-order valence-corrected chi connectivity index (χ4v) is 2.10. The van der Waals surface area contributed by atoms with Gasteiger partial charge in [-0.3, -0.25) is 4.90 Å². The van der Waals surface area contributed by atoms with E-state index in [2.05, 4.69) is 4.72 Å². The van der Waals surface area contributed by atoms with Crippen molar-refractivity contribution in [1.29, 1.82) is 0 Å². The van der Waals surface area contributed by atoms with Crippen LogP contribution in [0.1, 0.15) is 20.8 Å². The Bertz CT molecular complexity index is 296. The van der Waals surface area contributed by atoms with E-state index in [1.54, 1.807) is 0 Å². The topological polar surface area (TPSA) is 69.6 Å². The van der Waals surface area contributed by atoms with E-state index in [0.29, 0.717) is 13.1 Å². The van der Waals surface area contributed by atoms with Crippen LogP contribution in [0.4, 0.5) is 0 Å². The van der Waals surface area contributed by atoms with Crippen LogP contribution in [0.2, 0.25) is 0 Å². The number of hydrogen-bond donors (Lipinski definition) is 2. The molecule has 0 bridgehead atoms. The molecule has 0 aromatic rings. The van der Waals surface area contributed by atoms with Crippen LogP contribution < -0.4 is 4.72 Å². The predicted octanol–water partition coefficient (Wildman–Crippen LogP) is -0.126. The van der Waals surface area contributed by atoms with Gasteiger partial charge in [-0.25, -0.2) is 13.1 Å². The third-order valence-corrected chi connectivity index (χ3v) is 3.26. The second-order valence-electron chi connectivity index (χ2n) is 5.21. The van der Waals surface area contributed by atoms with E-state index in [9.17, 15) is 13.5 Å². The second-order valence-corrected chi connectivity index (χ2v) is 7.04. The maximum Gasteiger partial charge on any atom is 0.208 e. The summed E-state index contributed by atoms with van der Waals surface area (Å²) in [5.74, 6) is 0. The number of hydrogen-bond acceptors (Lipinski definition) is 4.